The number of carbonyl (C=O) groups is 2. The quantitative estimate of drug-likeness (QED) is 0.925. The third kappa shape index (κ3) is 3.26. The molecule has 0 heterocycles. The van der Waals surface area contributed by atoms with Gasteiger partial charge in [-0.05, 0) is 18.9 Å². The van der Waals surface area contributed by atoms with Crippen LogP contribution in [0.15, 0.2) is 24.3 Å². The van der Waals surface area contributed by atoms with Crippen LogP contribution in [0.25, 0.3) is 0 Å². The number of nitrogens with two attached hydrogens (primary N) is 1. The summed E-state index contributed by atoms with van der Waals surface area (Å²) in [5, 5.41) is 0.479. The van der Waals surface area contributed by atoms with Gasteiger partial charge in [0.05, 0.1) is 5.92 Å². The molecule has 0 bridgehead atoms. The summed E-state index contributed by atoms with van der Waals surface area (Å²) in [6, 6.07) is 7.06. The van der Waals surface area contributed by atoms with Crippen LogP contribution in [-0.4, -0.2) is 11.9 Å². The molecule has 1 aromatic carbocycles. The van der Waals surface area contributed by atoms with Crippen molar-refractivity contribution < 1.29 is 14.3 Å². The fraction of sp³-hybridized carbons (Fsp3) is 0.429. The maximum atomic E-state index is 12.0. The van der Waals surface area contributed by atoms with Crippen LogP contribution in [-0.2, 0) is 9.53 Å². The Morgan fingerprint density at radius 2 is 2.11 bits per heavy atom. The summed E-state index contributed by atoms with van der Waals surface area (Å²) in [5.74, 6) is -0.237. The van der Waals surface area contributed by atoms with Gasteiger partial charge in [0, 0.05) is 17.0 Å². The van der Waals surface area contributed by atoms with E-state index in [1.54, 1.807) is 24.3 Å². The van der Waals surface area contributed by atoms with Gasteiger partial charge in [-0.25, -0.2) is 4.79 Å². The molecule has 1 fully saturated rings. The summed E-state index contributed by atoms with van der Waals surface area (Å²) in [4.78, 5) is 23.1. The number of primary amides is 1. The van der Waals surface area contributed by atoms with E-state index in [0.717, 1.165) is 12.8 Å². The number of benzene rings is 1. The van der Waals surface area contributed by atoms with E-state index >= 15 is 0 Å². The van der Waals surface area contributed by atoms with Crippen molar-refractivity contribution in [2.75, 3.05) is 0 Å². The maximum Gasteiger partial charge on any atom is 0.405 e. The monoisotopic (exact) mass is 281 g/mol. The maximum absolute atomic E-state index is 12.0. The first-order valence-corrected chi connectivity index (χ1v) is 6.70. The van der Waals surface area contributed by atoms with Gasteiger partial charge >= 0.3 is 6.09 Å². The largest absolute Gasteiger partial charge is 0.441 e. The SMILES string of the molecule is NC(=O)OC(c1ccccc1Cl)C1CCCCC1=O. The smallest absolute Gasteiger partial charge is 0.405 e. The zero-order valence-electron chi connectivity index (χ0n) is 10.5. The molecule has 0 radical (unpaired) electrons. The summed E-state index contributed by atoms with van der Waals surface area (Å²) < 4.78 is 5.16. The molecule has 1 amide bonds. The molecule has 2 N–H and O–H groups in total. The Bertz CT molecular complexity index is 489. The molecule has 0 spiro atoms. The van der Waals surface area contributed by atoms with Crippen molar-refractivity contribution in [2.45, 2.75) is 31.8 Å². The van der Waals surface area contributed by atoms with E-state index in [0.29, 0.717) is 23.4 Å². The first kappa shape index (κ1) is 13.9. The van der Waals surface area contributed by atoms with Crippen molar-refractivity contribution in [1.82, 2.24) is 0 Å². The molecule has 0 aromatic heterocycles. The lowest BCUT2D eigenvalue weighted by Gasteiger charge is -2.29. The van der Waals surface area contributed by atoms with Crippen LogP contribution in [0.5, 0.6) is 0 Å². The number of ether oxygens (including phenoxy) is 1. The molecule has 0 aliphatic heterocycles. The van der Waals surface area contributed by atoms with E-state index < -0.39 is 12.2 Å². The fourth-order valence-electron chi connectivity index (χ4n) is 2.52. The fourth-order valence-corrected chi connectivity index (χ4v) is 2.77. The summed E-state index contributed by atoms with van der Waals surface area (Å²) in [6.45, 7) is 0. The van der Waals surface area contributed by atoms with E-state index in [1.165, 1.54) is 0 Å². The number of amides is 1. The third-order valence-corrected chi connectivity index (χ3v) is 3.77. The van der Waals surface area contributed by atoms with Gasteiger partial charge in [-0.1, -0.05) is 36.2 Å². The zero-order chi connectivity index (χ0) is 13.8. The third-order valence-electron chi connectivity index (χ3n) is 3.42. The molecule has 2 atom stereocenters. The van der Waals surface area contributed by atoms with Crippen molar-refractivity contribution in [2.24, 2.45) is 11.7 Å². The summed E-state index contributed by atoms with van der Waals surface area (Å²) in [7, 11) is 0. The van der Waals surface area contributed by atoms with Gasteiger partial charge in [-0.3, -0.25) is 4.79 Å². The van der Waals surface area contributed by atoms with Crippen molar-refractivity contribution in [3.63, 3.8) is 0 Å². The minimum absolute atomic E-state index is 0.109. The van der Waals surface area contributed by atoms with E-state index in [4.69, 9.17) is 22.1 Å². The number of rotatable bonds is 3. The molecule has 1 aliphatic rings. The first-order valence-electron chi connectivity index (χ1n) is 6.33. The van der Waals surface area contributed by atoms with Gasteiger partial charge in [0.25, 0.3) is 0 Å². The molecule has 1 saturated carbocycles. The van der Waals surface area contributed by atoms with Crippen LogP contribution in [0, 0.1) is 5.92 Å². The van der Waals surface area contributed by atoms with Crippen molar-refractivity contribution in [3.05, 3.63) is 34.9 Å². The number of halogens is 1. The Balaban J connectivity index is 2.32. The number of carbonyl (C=O) groups excluding carboxylic acids is 2. The average molecular weight is 282 g/mol. The summed E-state index contributed by atoms with van der Waals surface area (Å²) in [6.07, 6.45) is 1.48. The number of hydrogen-bond acceptors (Lipinski definition) is 3. The molecular weight excluding hydrogens is 266 g/mol. The van der Waals surface area contributed by atoms with Crippen LogP contribution in [0.3, 0.4) is 0 Å². The highest BCUT2D eigenvalue weighted by atomic mass is 35.5. The molecule has 1 aliphatic carbocycles. The van der Waals surface area contributed by atoms with Crippen molar-refractivity contribution in [1.29, 1.82) is 0 Å². The molecule has 2 rings (SSSR count). The topological polar surface area (TPSA) is 69.4 Å². The average Bonchev–Trinajstić information content (AvgIpc) is 2.37. The number of Topliss-reactive ketones (excluding diaryl/α,β-unsaturated/α-hetero) is 1. The normalized spacial score (nSPS) is 20.9. The second-order valence-electron chi connectivity index (χ2n) is 4.70. The Hall–Kier alpha value is -1.55. The predicted octanol–water partition coefficient (Wildman–Crippen LogP) is 3.24. The predicted molar refractivity (Wildman–Crippen MR) is 71.8 cm³/mol. The van der Waals surface area contributed by atoms with E-state index in [2.05, 4.69) is 0 Å². The number of hydrogen-bond donors (Lipinski definition) is 1. The molecule has 102 valence electrons. The minimum Gasteiger partial charge on any atom is -0.441 e. The highest BCUT2D eigenvalue weighted by Gasteiger charge is 2.34. The van der Waals surface area contributed by atoms with Crippen LogP contribution in [0.2, 0.25) is 5.02 Å². The highest BCUT2D eigenvalue weighted by Crippen LogP contribution is 2.37. The number of ketones is 1. The van der Waals surface area contributed by atoms with E-state index in [9.17, 15) is 9.59 Å². The summed E-state index contributed by atoms with van der Waals surface area (Å²) >= 11 is 6.13. The van der Waals surface area contributed by atoms with Gasteiger partial charge in [0.1, 0.15) is 11.9 Å². The highest BCUT2D eigenvalue weighted by molar-refractivity contribution is 6.31. The first-order chi connectivity index (χ1) is 9.09. The Morgan fingerprint density at radius 3 is 2.74 bits per heavy atom. The molecular formula is C14H16ClNO3. The lowest BCUT2D eigenvalue weighted by atomic mass is 9.81. The van der Waals surface area contributed by atoms with Crippen LogP contribution >= 0.6 is 11.6 Å². The molecule has 19 heavy (non-hydrogen) atoms. The minimum atomic E-state index is -0.886. The Labute approximate surface area is 116 Å². The van der Waals surface area contributed by atoms with Crippen LogP contribution < -0.4 is 5.73 Å². The van der Waals surface area contributed by atoms with Crippen molar-refractivity contribution in [3.8, 4) is 0 Å². The van der Waals surface area contributed by atoms with Gasteiger partial charge in [-0.15, -0.1) is 0 Å². The van der Waals surface area contributed by atoms with E-state index in [1.807, 2.05) is 0 Å². The van der Waals surface area contributed by atoms with Crippen LogP contribution in [0.4, 0.5) is 4.79 Å². The van der Waals surface area contributed by atoms with Crippen molar-refractivity contribution >= 4 is 23.5 Å². The second kappa shape index (κ2) is 6.06. The van der Waals surface area contributed by atoms with E-state index in [-0.39, 0.29) is 11.7 Å². The van der Waals surface area contributed by atoms with Gasteiger partial charge in [0.2, 0.25) is 0 Å². The molecule has 2 unspecified atom stereocenters. The Morgan fingerprint density at radius 1 is 1.37 bits per heavy atom. The van der Waals surface area contributed by atoms with Gasteiger partial charge in [-0.2, -0.15) is 0 Å². The zero-order valence-corrected chi connectivity index (χ0v) is 11.2. The lowest BCUT2D eigenvalue weighted by Crippen LogP contribution is -2.30. The standard InChI is InChI=1S/C14H16ClNO3/c15-11-7-3-1-5-9(11)13(19-14(16)18)10-6-2-4-8-12(10)17/h1,3,5,7,10,13H,2,4,6,8H2,(H2,16,18). The molecule has 1 aromatic rings. The Kier molecular flexibility index (Phi) is 4.43. The lowest BCUT2D eigenvalue weighted by molar-refractivity contribution is -0.128. The van der Waals surface area contributed by atoms with Crippen LogP contribution in [0.1, 0.15) is 37.4 Å². The van der Waals surface area contributed by atoms with Gasteiger partial charge < -0.3 is 10.5 Å². The van der Waals surface area contributed by atoms with Gasteiger partial charge in [0.15, 0.2) is 0 Å². The molecule has 5 heteroatoms. The summed E-state index contributed by atoms with van der Waals surface area (Å²) in [5.41, 5.74) is 5.76. The second-order valence-corrected chi connectivity index (χ2v) is 5.10. The molecule has 4 nitrogen and oxygen atoms in total. The molecule has 0 saturated heterocycles.